The summed E-state index contributed by atoms with van der Waals surface area (Å²) in [6.45, 7) is 2.10. The van der Waals surface area contributed by atoms with Crippen molar-refractivity contribution in [3.05, 3.63) is 29.8 Å². The molecule has 3 N–H and O–H groups in total. The van der Waals surface area contributed by atoms with Gasteiger partial charge >= 0.3 is 0 Å². The highest BCUT2D eigenvalue weighted by atomic mass is 19.1. The van der Waals surface area contributed by atoms with E-state index >= 15 is 0 Å². The Labute approximate surface area is 117 Å². The second kappa shape index (κ2) is 5.73. The Morgan fingerprint density at radius 2 is 2.35 bits per heavy atom. The molecule has 0 aromatic carbocycles. The molecule has 2 aliphatic rings. The second-order valence-corrected chi connectivity index (χ2v) is 5.63. The molecule has 20 heavy (non-hydrogen) atoms. The predicted molar refractivity (Wildman–Crippen MR) is 71.1 cm³/mol. The van der Waals surface area contributed by atoms with Crippen molar-refractivity contribution in [3.63, 3.8) is 0 Å². The molecular formula is C14H20FN3O2. The van der Waals surface area contributed by atoms with Gasteiger partial charge in [0.1, 0.15) is 5.82 Å². The first-order valence-electron chi connectivity index (χ1n) is 7.02. The van der Waals surface area contributed by atoms with E-state index in [1.54, 1.807) is 6.07 Å². The number of nitrogens with two attached hydrogens (primary N) is 1. The molecule has 3 unspecified atom stereocenters. The number of nitrogens with one attached hydrogen (secondary N) is 1. The first kappa shape index (κ1) is 13.9. The van der Waals surface area contributed by atoms with Crippen molar-refractivity contribution in [1.82, 2.24) is 10.4 Å². The Hall–Kier alpha value is -1.08. The van der Waals surface area contributed by atoms with E-state index in [1.165, 1.54) is 12.3 Å². The summed E-state index contributed by atoms with van der Waals surface area (Å²) in [4.78, 5) is 4.15. The minimum absolute atomic E-state index is 0.0861. The van der Waals surface area contributed by atoms with Gasteiger partial charge in [-0.1, -0.05) is 0 Å². The lowest BCUT2D eigenvalue weighted by Crippen LogP contribution is -2.45. The molecule has 3 heterocycles. The maximum Gasteiger partial charge on any atom is 0.141 e. The average Bonchev–Trinajstić information content (AvgIpc) is 2.90. The summed E-state index contributed by atoms with van der Waals surface area (Å²) in [6, 6.07) is 3.02. The molecule has 2 aliphatic heterocycles. The van der Waals surface area contributed by atoms with Gasteiger partial charge in [-0.15, -0.1) is 0 Å². The first-order valence-corrected chi connectivity index (χ1v) is 7.02. The minimum Gasteiger partial charge on any atom is -0.378 e. The van der Waals surface area contributed by atoms with Gasteiger partial charge in [-0.05, 0) is 30.9 Å². The monoisotopic (exact) mass is 281 g/mol. The number of hydrogen-bond donors (Lipinski definition) is 2. The van der Waals surface area contributed by atoms with Gasteiger partial charge in [0.05, 0.1) is 30.1 Å². The van der Waals surface area contributed by atoms with Crippen LogP contribution in [-0.2, 0) is 9.47 Å². The van der Waals surface area contributed by atoms with E-state index in [1.807, 2.05) is 0 Å². The van der Waals surface area contributed by atoms with Crippen LogP contribution < -0.4 is 11.3 Å². The predicted octanol–water partition coefficient (Wildman–Crippen LogP) is 1.31. The third kappa shape index (κ3) is 2.69. The van der Waals surface area contributed by atoms with Gasteiger partial charge < -0.3 is 9.47 Å². The lowest BCUT2D eigenvalue weighted by molar-refractivity contribution is -0.103. The lowest BCUT2D eigenvalue weighted by Gasteiger charge is -2.40. The molecule has 0 bridgehead atoms. The molecule has 3 rings (SSSR count). The molecule has 1 aromatic heterocycles. The molecule has 2 fully saturated rings. The maximum atomic E-state index is 13.0. The molecule has 3 atom stereocenters. The van der Waals surface area contributed by atoms with E-state index in [4.69, 9.17) is 15.3 Å². The molecule has 1 spiro atoms. The standard InChI is InChI=1S/C14H20FN3O2/c15-11-1-2-12(17-8-11)13(18-16)10-3-5-20-14(7-10)4-6-19-9-14/h1-2,8,10,13,18H,3-7,9,16H2. The van der Waals surface area contributed by atoms with Crippen molar-refractivity contribution in [2.24, 2.45) is 11.8 Å². The summed E-state index contributed by atoms with van der Waals surface area (Å²) in [7, 11) is 0. The quantitative estimate of drug-likeness (QED) is 0.646. The molecule has 0 amide bonds. The van der Waals surface area contributed by atoms with Crippen molar-refractivity contribution in [3.8, 4) is 0 Å². The van der Waals surface area contributed by atoms with Crippen molar-refractivity contribution in [2.75, 3.05) is 19.8 Å². The van der Waals surface area contributed by atoms with Crippen LogP contribution in [0.15, 0.2) is 18.3 Å². The molecule has 110 valence electrons. The van der Waals surface area contributed by atoms with Gasteiger partial charge in [0, 0.05) is 19.6 Å². The molecule has 6 heteroatoms. The minimum atomic E-state index is -0.336. The van der Waals surface area contributed by atoms with Crippen molar-refractivity contribution in [1.29, 1.82) is 0 Å². The van der Waals surface area contributed by atoms with E-state index in [2.05, 4.69) is 10.4 Å². The zero-order valence-electron chi connectivity index (χ0n) is 11.3. The number of pyridine rings is 1. The third-order valence-corrected chi connectivity index (χ3v) is 4.32. The smallest absolute Gasteiger partial charge is 0.141 e. The Morgan fingerprint density at radius 3 is 3.00 bits per heavy atom. The van der Waals surface area contributed by atoms with E-state index in [-0.39, 0.29) is 17.5 Å². The van der Waals surface area contributed by atoms with Gasteiger partial charge in [0.25, 0.3) is 0 Å². The maximum absolute atomic E-state index is 13.0. The van der Waals surface area contributed by atoms with Gasteiger partial charge in [0.15, 0.2) is 0 Å². The highest BCUT2D eigenvalue weighted by Gasteiger charge is 2.43. The molecule has 1 aromatic rings. The number of aromatic nitrogens is 1. The Balaban J connectivity index is 1.76. The highest BCUT2D eigenvalue weighted by molar-refractivity contribution is 5.12. The third-order valence-electron chi connectivity index (χ3n) is 4.32. The van der Waals surface area contributed by atoms with E-state index in [9.17, 15) is 4.39 Å². The fourth-order valence-electron chi connectivity index (χ4n) is 3.25. The van der Waals surface area contributed by atoms with Crippen LogP contribution in [0.4, 0.5) is 4.39 Å². The Bertz CT molecular complexity index is 448. The number of nitrogens with zero attached hydrogens (tertiary/aromatic N) is 1. The Morgan fingerprint density at radius 1 is 1.45 bits per heavy atom. The number of hydrogen-bond acceptors (Lipinski definition) is 5. The summed E-state index contributed by atoms with van der Waals surface area (Å²) in [5.74, 6) is 5.68. The van der Waals surface area contributed by atoms with Crippen LogP contribution in [0.3, 0.4) is 0 Å². The van der Waals surface area contributed by atoms with Crippen LogP contribution in [0, 0.1) is 11.7 Å². The molecule has 0 saturated carbocycles. The Kier molecular flexibility index (Phi) is 3.98. The fraction of sp³-hybridized carbons (Fsp3) is 0.643. The van der Waals surface area contributed by atoms with Gasteiger partial charge in [-0.25, -0.2) is 4.39 Å². The highest BCUT2D eigenvalue weighted by Crippen LogP contribution is 2.40. The van der Waals surface area contributed by atoms with Gasteiger partial charge in [0.2, 0.25) is 0 Å². The van der Waals surface area contributed by atoms with Crippen LogP contribution in [0.5, 0.6) is 0 Å². The summed E-state index contributed by atoms with van der Waals surface area (Å²) in [6.07, 6.45) is 3.96. The van der Waals surface area contributed by atoms with Crippen LogP contribution in [0.2, 0.25) is 0 Å². The number of ether oxygens (including phenoxy) is 2. The van der Waals surface area contributed by atoms with E-state index in [0.717, 1.165) is 31.6 Å². The first-order chi connectivity index (χ1) is 9.72. The molecule has 0 radical (unpaired) electrons. The summed E-state index contributed by atoms with van der Waals surface area (Å²) in [5.41, 5.74) is 3.44. The van der Waals surface area contributed by atoms with Crippen molar-refractivity contribution in [2.45, 2.75) is 30.9 Å². The number of rotatable bonds is 3. The van der Waals surface area contributed by atoms with Gasteiger partial charge in [-0.3, -0.25) is 16.3 Å². The molecular weight excluding hydrogens is 261 g/mol. The summed E-state index contributed by atoms with van der Waals surface area (Å²) in [5, 5.41) is 0. The van der Waals surface area contributed by atoms with Crippen molar-refractivity contribution < 1.29 is 13.9 Å². The number of hydrazine groups is 1. The zero-order valence-corrected chi connectivity index (χ0v) is 11.3. The average molecular weight is 281 g/mol. The van der Waals surface area contributed by atoms with Crippen LogP contribution >= 0.6 is 0 Å². The van der Waals surface area contributed by atoms with Crippen molar-refractivity contribution >= 4 is 0 Å². The lowest BCUT2D eigenvalue weighted by atomic mass is 9.80. The topological polar surface area (TPSA) is 69.4 Å². The molecule has 0 aliphatic carbocycles. The zero-order chi connectivity index (χ0) is 14.0. The van der Waals surface area contributed by atoms with Crippen LogP contribution in [0.25, 0.3) is 0 Å². The van der Waals surface area contributed by atoms with E-state index < -0.39 is 0 Å². The van der Waals surface area contributed by atoms with Crippen LogP contribution in [0.1, 0.15) is 31.0 Å². The van der Waals surface area contributed by atoms with Gasteiger partial charge in [-0.2, -0.15) is 0 Å². The number of halogens is 1. The summed E-state index contributed by atoms with van der Waals surface area (Å²) < 4.78 is 24.4. The fourth-order valence-corrected chi connectivity index (χ4v) is 3.25. The SMILES string of the molecule is NNC(c1ccc(F)cn1)C1CCOC2(CCOC2)C1. The normalized spacial score (nSPS) is 31.6. The van der Waals surface area contributed by atoms with Crippen LogP contribution in [-0.4, -0.2) is 30.4 Å². The molecule has 5 nitrogen and oxygen atoms in total. The largest absolute Gasteiger partial charge is 0.378 e. The molecule has 2 saturated heterocycles. The summed E-state index contributed by atoms with van der Waals surface area (Å²) >= 11 is 0. The second-order valence-electron chi connectivity index (χ2n) is 5.63. The van der Waals surface area contributed by atoms with E-state index in [0.29, 0.717) is 19.1 Å².